The van der Waals surface area contributed by atoms with Crippen LogP contribution in [-0.2, 0) is 6.54 Å². The molecule has 0 aliphatic carbocycles. The van der Waals surface area contributed by atoms with Crippen molar-refractivity contribution in [3.8, 4) is 17.1 Å². The lowest BCUT2D eigenvalue weighted by Gasteiger charge is -2.08. The molecule has 1 aromatic carbocycles. The van der Waals surface area contributed by atoms with Crippen LogP contribution in [0.25, 0.3) is 11.4 Å². The van der Waals surface area contributed by atoms with Crippen LogP contribution in [0.3, 0.4) is 0 Å². The van der Waals surface area contributed by atoms with E-state index in [1.54, 1.807) is 13.2 Å². The average molecular weight is 442 g/mol. The number of benzene rings is 1. The average Bonchev–Trinajstić information content (AvgIpc) is 3.06. The normalized spacial score (nSPS) is 10.7. The van der Waals surface area contributed by atoms with Gasteiger partial charge in [0.15, 0.2) is 11.8 Å². The lowest BCUT2D eigenvalue weighted by molar-refractivity contribution is 0.415. The number of hydrogen-bond acceptors (Lipinski definition) is 4. The number of guanidine groups is 1. The smallest absolute Gasteiger partial charge is 0.191 e. The van der Waals surface area contributed by atoms with Gasteiger partial charge in [0, 0.05) is 18.7 Å². The van der Waals surface area contributed by atoms with Crippen molar-refractivity contribution in [1.29, 1.82) is 0 Å². The fourth-order valence-corrected chi connectivity index (χ4v) is 1.90. The first-order valence-corrected chi connectivity index (χ1v) is 7.45. The standard InChI is InChI=1S/C16H22N6O.HI/c1-4-10-18-16(17-5-2)19-11-14-20-15(22-21-14)12-6-8-13(23-3)9-7-12;/h4,6-9H,1,5,10-11H2,2-3H3,(H2,17,18,19)(H,20,21,22);1H. The van der Waals surface area contributed by atoms with Gasteiger partial charge >= 0.3 is 0 Å². The van der Waals surface area contributed by atoms with E-state index in [0.717, 1.165) is 23.8 Å². The van der Waals surface area contributed by atoms with E-state index in [-0.39, 0.29) is 24.0 Å². The largest absolute Gasteiger partial charge is 0.497 e. The molecule has 0 amide bonds. The Morgan fingerprint density at radius 2 is 2.08 bits per heavy atom. The number of H-pyrrole nitrogens is 1. The summed E-state index contributed by atoms with van der Waals surface area (Å²) >= 11 is 0. The Hall–Kier alpha value is -2.10. The molecule has 0 unspecified atom stereocenters. The van der Waals surface area contributed by atoms with Crippen molar-refractivity contribution in [2.24, 2.45) is 4.99 Å². The maximum atomic E-state index is 5.14. The first-order chi connectivity index (χ1) is 11.3. The zero-order valence-electron chi connectivity index (χ0n) is 13.9. The number of methoxy groups -OCH3 is 1. The molecule has 0 aliphatic rings. The van der Waals surface area contributed by atoms with Crippen LogP contribution in [0.5, 0.6) is 5.75 Å². The molecule has 3 N–H and O–H groups in total. The van der Waals surface area contributed by atoms with Gasteiger partial charge in [-0.25, -0.2) is 9.98 Å². The van der Waals surface area contributed by atoms with Crippen molar-refractivity contribution in [3.63, 3.8) is 0 Å². The third-order valence-electron chi connectivity index (χ3n) is 3.02. The van der Waals surface area contributed by atoms with Gasteiger partial charge in [-0.2, -0.15) is 5.10 Å². The molecule has 0 radical (unpaired) electrons. The molecule has 0 bridgehead atoms. The van der Waals surface area contributed by atoms with Crippen LogP contribution >= 0.6 is 24.0 Å². The first kappa shape index (κ1) is 19.9. The van der Waals surface area contributed by atoms with Gasteiger partial charge in [0.2, 0.25) is 0 Å². The number of ether oxygens (including phenoxy) is 1. The van der Waals surface area contributed by atoms with Crippen LogP contribution in [0.15, 0.2) is 41.9 Å². The van der Waals surface area contributed by atoms with E-state index in [1.807, 2.05) is 31.2 Å². The fourth-order valence-electron chi connectivity index (χ4n) is 1.90. The highest BCUT2D eigenvalue weighted by molar-refractivity contribution is 14.0. The van der Waals surface area contributed by atoms with Gasteiger partial charge in [-0.3, -0.25) is 5.10 Å². The van der Waals surface area contributed by atoms with Crippen LogP contribution < -0.4 is 15.4 Å². The van der Waals surface area contributed by atoms with E-state index in [0.29, 0.717) is 24.7 Å². The zero-order valence-corrected chi connectivity index (χ0v) is 16.2. The number of hydrogen-bond donors (Lipinski definition) is 3. The molecule has 130 valence electrons. The molecule has 24 heavy (non-hydrogen) atoms. The second-order valence-electron chi connectivity index (χ2n) is 4.70. The van der Waals surface area contributed by atoms with Crippen molar-refractivity contribution in [1.82, 2.24) is 25.8 Å². The zero-order chi connectivity index (χ0) is 16.5. The summed E-state index contributed by atoms with van der Waals surface area (Å²) in [4.78, 5) is 8.91. The number of aromatic amines is 1. The summed E-state index contributed by atoms with van der Waals surface area (Å²) in [6.07, 6.45) is 1.78. The van der Waals surface area contributed by atoms with E-state index in [1.165, 1.54) is 0 Å². The van der Waals surface area contributed by atoms with Crippen LogP contribution in [0.4, 0.5) is 0 Å². The molecule has 1 aromatic heterocycles. The molecular weight excluding hydrogens is 419 g/mol. The summed E-state index contributed by atoms with van der Waals surface area (Å²) in [5.74, 6) is 2.86. The molecule has 0 aliphatic heterocycles. The highest BCUT2D eigenvalue weighted by Crippen LogP contribution is 2.18. The summed E-state index contributed by atoms with van der Waals surface area (Å²) in [6, 6.07) is 7.60. The summed E-state index contributed by atoms with van der Waals surface area (Å²) in [5, 5.41) is 13.4. The SMILES string of the molecule is C=CCNC(=NCc1nc(-c2ccc(OC)cc2)n[nH]1)NCC.I. The molecule has 2 aromatic rings. The van der Waals surface area contributed by atoms with Gasteiger partial charge in [0.25, 0.3) is 0 Å². The molecule has 7 nitrogen and oxygen atoms in total. The highest BCUT2D eigenvalue weighted by Gasteiger charge is 2.06. The number of aromatic nitrogens is 3. The predicted octanol–water partition coefficient (Wildman–Crippen LogP) is 2.34. The summed E-state index contributed by atoms with van der Waals surface area (Å²) in [5.41, 5.74) is 0.925. The molecule has 1 heterocycles. The quantitative estimate of drug-likeness (QED) is 0.265. The van der Waals surface area contributed by atoms with Crippen molar-refractivity contribution in [3.05, 3.63) is 42.7 Å². The van der Waals surface area contributed by atoms with E-state index in [2.05, 4.69) is 37.4 Å². The molecule has 2 rings (SSSR count). The Balaban J connectivity index is 0.00000288. The van der Waals surface area contributed by atoms with Crippen molar-refractivity contribution < 1.29 is 4.74 Å². The van der Waals surface area contributed by atoms with Gasteiger partial charge in [-0.1, -0.05) is 6.08 Å². The monoisotopic (exact) mass is 442 g/mol. The Labute approximate surface area is 159 Å². The van der Waals surface area contributed by atoms with Crippen LogP contribution in [0.2, 0.25) is 0 Å². The maximum Gasteiger partial charge on any atom is 0.191 e. The van der Waals surface area contributed by atoms with Gasteiger partial charge in [0.05, 0.1) is 7.11 Å². The number of halogens is 1. The van der Waals surface area contributed by atoms with Crippen LogP contribution in [-0.4, -0.2) is 41.3 Å². The predicted molar refractivity (Wildman–Crippen MR) is 107 cm³/mol. The molecule has 0 saturated heterocycles. The lowest BCUT2D eigenvalue weighted by atomic mass is 10.2. The maximum absolute atomic E-state index is 5.14. The Kier molecular flexibility index (Phi) is 8.84. The van der Waals surface area contributed by atoms with E-state index in [9.17, 15) is 0 Å². The number of nitrogens with one attached hydrogen (secondary N) is 3. The summed E-state index contributed by atoms with van der Waals surface area (Å²) in [7, 11) is 1.64. The minimum Gasteiger partial charge on any atom is -0.497 e. The molecule has 0 atom stereocenters. The number of aliphatic imine (C=N–C) groups is 1. The first-order valence-electron chi connectivity index (χ1n) is 7.45. The molecule has 0 saturated carbocycles. The Bertz CT molecular complexity index is 653. The van der Waals surface area contributed by atoms with Crippen LogP contribution in [0.1, 0.15) is 12.7 Å². The van der Waals surface area contributed by atoms with Gasteiger partial charge < -0.3 is 15.4 Å². The number of rotatable bonds is 7. The van der Waals surface area contributed by atoms with Crippen molar-refractivity contribution >= 4 is 29.9 Å². The summed E-state index contributed by atoms with van der Waals surface area (Å²) < 4.78 is 5.14. The van der Waals surface area contributed by atoms with Crippen molar-refractivity contribution in [2.45, 2.75) is 13.5 Å². The Morgan fingerprint density at radius 3 is 2.71 bits per heavy atom. The second kappa shape index (κ2) is 10.6. The lowest BCUT2D eigenvalue weighted by Crippen LogP contribution is -2.37. The highest BCUT2D eigenvalue weighted by atomic mass is 127. The Morgan fingerprint density at radius 1 is 1.33 bits per heavy atom. The molecular formula is C16H23IN6O. The second-order valence-corrected chi connectivity index (χ2v) is 4.70. The fraction of sp³-hybridized carbons (Fsp3) is 0.312. The molecule has 8 heteroatoms. The minimum absolute atomic E-state index is 0. The van der Waals surface area contributed by atoms with Crippen molar-refractivity contribution in [2.75, 3.05) is 20.2 Å². The van der Waals surface area contributed by atoms with E-state index in [4.69, 9.17) is 4.74 Å². The third-order valence-corrected chi connectivity index (χ3v) is 3.02. The van der Waals surface area contributed by atoms with E-state index >= 15 is 0 Å². The molecule has 0 spiro atoms. The topological polar surface area (TPSA) is 87.2 Å². The van der Waals surface area contributed by atoms with Gasteiger partial charge in [-0.05, 0) is 31.2 Å². The molecule has 0 fully saturated rings. The van der Waals surface area contributed by atoms with E-state index < -0.39 is 0 Å². The minimum atomic E-state index is 0. The van der Waals surface area contributed by atoms with Crippen LogP contribution in [0, 0.1) is 0 Å². The number of nitrogens with zero attached hydrogens (tertiary/aromatic N) is 3. The van der Waals surface area contributed by atoms with Gasteiger partial charge in [-0.15, -0.1) is 30.6 Å². The van der Waals surface area contributed by atoms with Gasteiger partial charge in [0.1, 0.15) is 18.1 Å². The third kappa shape index (κ3) is 5.84. The summed E-state index contributed by atoms with van der Waals surface area (Å²) in [6.45, 7) is 7.55.